The Labute approximate surface area is 247 Å². The van der Waals surface area contributed by atoms with Crippen LogP contribution >= 0.6 is 0 Å². The van der Waals surface area contributed by atoms with Gasteiger partial charge in [0, 0.05) is 17.5 Å². The van der Waals surface area contributed by atoms with Crippen molar-refractivity contribution in [2.75, 3.05) is 5.32 Å². The SMILES string of the molecule is C=C/C=C(\C=C/C)C1=C/C(C2=CCCC=C2)=C\C(C)=C(\C=C/C(C)=C/c2ccccc2C)c2ccccc2N\C=C\1. The van der Waals surface area contributed by atoms with Crippen molar-refractivity contribution < 1.29 is 0 Å². The minimum absolute atomic E-state index is 1.05. The van der Waals surface area contributed by atoms with Gasteiger partial charge in [-0.1, -0.05) is 121 Å². The second-order valence-corrected chi connectivity index (χ2v) is 10.4. The molecule has 0 fully saturated rings. The molecule has 0 saturated heterocycles. The summed E-state index contributed by atoms with van der Waals surface area (Å²) in [6.07, 6.45) is 32.7. The molecule has 0 bridgehead atoms. The first kappa shape index (κ1) is 29.4. The fourth-order valence-corrected chi connectivity index (χ4v) is 5.05. The number of benzene rings is 2. The Bertz CT molecular complexity index is 1580. The molecule has 1 heteroatoms. The van der Waals surface area contributed by atoms with Gasteiger partial charge >= 0.3 is 0 Å². The standard InChI is InChI=1S/C40H41N/c1-6-15-33(16-7-2)36-25-26-41-40-22-14-13-21-39(40)38(24-23-30(3)27-35-20-12-11-17-31(35)4)32(5)28-37(29-36)34-18-9-8-10-19-34/h6-7,9,11-29,41H,1,8,10H2,2-5H3/b16-7-,24-23-,26-25+,30-27+,33-15+,36-29+,37-28+,38-32-. The van der Waals surface area contributed by atoms with Crippen LogP contribution in [0.2, 0.25) is 0 Å². The van der Waals surface area contributed by atoms with Gasteiger partial charge in [0.25, 0.3) is 0 Å². The molecule has 2 aromatic carbocycles. The number of anilines is 1. The Morgan fingerprint density at radius 2 is 1.71 bits per heavy atom. The average Bonchev–Trinajstić information content (AvgIpc) is 3.00. The van der Waals surface area contributed by atoms with Crippen molar-refractivity contribution in [2.45, 2.75) is 40.5 Å². The molecule has 1 N–H and O–H groups in total. The van der Waals surface area contributed by atoms with Crippen molar-refractivity contribution in [3.8, 4) is 0 Å². The van der Waals surface area contributed by atoms with E-state index in [4.69, 9.17) is 0 Å². The topological polar surface area (TPSA) is 12.0 Å². The number of allylic oxidation sites excluding steroid dienone is 19. The maximum Gasteiger partial charge on any atom is 0.0459 e. The lowest BCUT2D eigenvalue weighted by Gasteiger charge is -2.14. The number of rotatable bonds is 7. The molecule has 0 atom stereocenters. The molecule has 0 radical (unpaired) electrons. The molecule has 2 aromatic rings. The molecule has 0 amide bonds. The van der Waals surface area contributed by atoms with E-state index in [1.165, 1.54) is 39.0 Å². The normalized spacial score (nSPS) is 21.7. The van der Waals surface area contributed by atoms with E-state index in [0.29, 0.717) is 0 Å². The Morgan fingerprint density at radius 1 is 0.902 bits per heavy atom. The lowest BCUT2D eigenvalue weighted by atomic mass is 9.91. The molecule has 0 saturated carbocycles. The van der Waals surface area contributed by atoms with Crippen molar-refractivity contribution in [1.29, 1.82) is 0 Å². The van der Waals surface area contributed by atoms with Gasteiger partial charge in [0.1, 0.15) is 0 Å². The van der Waals surface area contributed by atoms with Crippen molar-refractivity contribution in [3.63, 3.8) is 0 Å². The molecule has 1 heterocycles. The Kier molecular flexibility index (Phi) is 10.5. The summed E-state index contributed by atoms with van der Waals surface area (Å²) < 4.78 is 0. The number of nitrogens with one attached hydrogen (secondary N) is 1. The van der Waals surface area contributed by atoms with Gasteiger partial charge < -0.3 is 5.32 Å². The Hall–Kier alpha value is -4.62. The van der Waals surface area contributed by atoms with Gasteiger partial charge in [-0.05, 0) is 103 Å². The first-order valence-electron chi connectivity index (χ1n) is 14.4. The molecule has 0 unspecified atom stereocenters. The average molecular weight is 536 g/mol. The van der Waals surface area contributed by atoms with E-state index in [9.17, 15) is 0 Å². The van der Waals surface area contributed by atoms with E-state index in [1.54, 1.807) is 0 Å². The van der Waals surface area contributed by atoms with Crippen LogP contribution in [0.5, 0.6) is 0 Å². The molecule has 206 valence electrons. The molecule has 2 aliphatic rings. The maximum atomic E-state index is 3.96. The summed E-state index contributed by atoms with van der Waals surface area (Å²) in [6, 6.07) is 17.0. The number of fused-ring (bicyclic) bond motifs is 1. The van der Waals surface area contributed by atoms with Gasteiger partial charge in [0.05, 0.1) is 0 Å². The van der Waals surface area contributed by atoms with Crippen molar-refractivity contribution >= 4 is 17.3 Å². The third-order valence-corrected chi connectivity index (χ3v) is 7.22. The van der Waals surface area contributed by atoms with Crippen molar-refractivity contribution in [3.05, 3.63) is 184 Å². The fraction of sp³-hybridized carbons (Fsp3) is 0.150. The van der Waals surface area contributed by atoms with Gasteiger partial charge in [0.15, 0.2) is 0 Å². The minimum atomic E-state index is 1.05. The third-order valence-electron chi connectivity index (χ3n) is 7.22. The minimum Gasteiger partial charge on any atom is -0.361 e. The summed E-state index contributed by atoms with van der Waals surface area (Å²) in [5.41, 5.74) is 13.0. The van der Waals surface area contributed by atoms with Gasteiger partial charge in [-0.3, -0.25) is 0 Å². The Morgan fingerprint density at radius 3 is 2.46 bits per heavy atom. The third kappa shape index (κ3) is 7.96. The molecule has 0 aromatic heterocycles. The molecular weight excluding hydrogens is 494 g/mol. The quantitative estimate of drug-likeness (QED) is 0.348. The van der Waals surface area contributed by atoms with E-state index in [1.807, 2.05) is 19.2 Å². The zero-order chi connectivity index (χ0) is 29.0. The number of hydrogen-bond acceptors (Lipinski definition) is 1. The van der Waals surface area contributed by atoms with Crippen LogP contribution < -0.4 is 5.32 Å². The first-order valence-corrected chi connectivity index (χ1v) is 14.4. The molecule has 0 spiro atoms. The molecule has 4 rings (SSSR count). The monoisotopic (exact) mass is 535 g/mol. The van der Waals surface area contributed by atoms with Gasteiger partial charge in [-0.15, -0.1) is 0 Å². The van der Waals surface area contributed by atoms with Crippen molar-refractivity contribution in [2.24, 2.45) is 0 Å². The van der Waals surface area contributed by atoms with Gasteiger partial charge in [-0.25, -0.2) is 0 Å². The molecule has 1 aliphatic carbocycles. The second kappa shape index (κ2) is 14.7. The van der Waals surface area contributed by atoms with Crippen LogP contribution in [0.1, 0.15) is 50.3 Å². The maximum absolute atomic E-state index is 3.96. The van der Waals surface area contributed by atoms with Crippen molar-refractivity contribution in [1.82, 2.24) is 0 Å². The van der Waals surface area contributed by atoms with Crippen LogP contribution in [0.3, 0.4) is 0 Å². The highest BCUT2D eigenvalue weighted by Crippen LogP contribution is 2.32. The van der Waals surface area contributed by atoms with Crippen LogP contribution in [-0.2, 0) is 0 Å². The highest BCUT2D eigenvalue weighted by molar-refractivity contribution is 5.86. The highest BCUT2D eigenvalue weighted by atomic mass is 14.8. The lowest BCUT2D eigenvalue weighted by Crippen LogP contribution is -1.95. The van der Waals surface area contributed by atoms with Gasteiger partial charge in [-0.2, -0.15) is 0 Å². The lowest BCUT2D eigenvalue weighted by molar-refractivity contribution is 1.02. The predicted octanol–water partition coefficient (Wildman–Crippen LogP) is 11.2. The molecule has 1 nitrogen and oxygen atoms in total. The summed E-state index contributed by atoms with van der Waals surface area (Å²) in [5.74, 6) is 0. The fourth-order valence-electron chi connectivity index (χ4n) is 5.05. The molecule has 41 heavy (non-hydrogen) atoms. The Balaban J connectivity index is 1.93. The summed E-state index contributed by atoms with van der Waals surface area (Å²) >= 11 is 0. The highest BCUT2D eigenvalue weighted by Gasteiger charge is 2.12. The van der Waals surface area contributed by atoms with E-state index < -0.39 is 0 Å². The first-order chi connectivity index (χ1) is 20.0. The summed E-state index contributed by atoms with van der Waals surface area (Å²) in [7, 11) is 0. The van der Waals surface area contributed by atoms with Gasteiger partial charge in [0.2, 0.25) is 0 Å². The van der Waals surface area contributed by atoms with Crippen LogP contribution in [0.4, 0.5) is 5.69 Å². The molecular formula is C40H41N. The molecule has 1 aliphatic heterocycles. The number of aryl methyl sites for hydroxylation is 1. The van der Waals surface area contributed by atoms with E-state index in [2.05, 4.69) is 154 Å². The van der Waals surface area contributed by atoms with Crippen LogP contribution in [0.25, 0.3) is 11.6 Å². The smallest absolute Gasteiger partial charge is 0.0459 e. The summed E-state index contributed by atoms with van der Waals surface area (Å²) in [4.78, 5) is 0. The largest absolute Gasteiger partial charge is 0.361 e. The number of para-hydroxylation sites is 1. The van der Waals surface area contributed by atoms with E-state index in [0.717, 1.165) is 35.2 Å². The zero-order valence-corrected chi connectivity index (χ0v) is 24.8. The van der Waals surface area contributed by atoms with E-state index >= 15 is 0 Å². The summed E-state index contributed by atoms with van der Waals surface area (Å²) in [6.45, 7) is 12.5. The second-order valence-electron chi connectivity index (χ2n) is 10.4. The van der Waals surface area contributed by atoms with Crippen LogP contribution in [0.15, 0.2) is 168 Å². The summed E-state index contributed by atoms with van der Waals surface area (Å²) in [5, 5.41) is 3.58. The number of hydrogen-bond donors (Lipinski definition) is 1. The zero-order valence-electron chi connectivity index (χ0n) is 24.8. The predicted molar refractivity (Wildman–Crippen MR) is 181 cm³/mol. The van der Waals surface area contributed by atoms with Crippen LogP contribution in [-0.4, -0.2) is 0 Å². The van der Waals surface area contributed by atoms with E-state index in [-0.39, 0.29) is 0 Å². The van der Waals surface area contributed by atoms with Crippen LogP contribution in [0, 0.1) is 6.92 Å².